The first kappa shape index (κ1) is 20.8. The van der Waals surface area contributed by atoms with Crippen LogP contribution in [-0.4, -0.2) is 59.5 Å². The molecule has 4 rings (SSSR count). The molecule has 0 radical (unpaired) electrons. The van der Waals surface area contributed by atoms with E-state index in [2.05, 4.69) is 21.0 Å². The fraction of sp³-hybridized carbons (Fsp3) is 0.238. The van der Waals surface area contributed by atoms with Gasteiger partial charge in [-0.3, -0.25) is 4.79 Å². The van der Waals surface area contributed by atoms with Gasteiger partial charge < -0.3 is 4.90 Å². The van der Waals surface area contributed by atoms with Crippen LogP contribution in [0.3, 0.4) is 0 Å². The van der Waals surface area contributed by atoms with E-state index in [1.54, 1.807) is 40.0 Å². The number of carbonyl (C=O) groups excluding carboxylic acids is 1. The van der Waals surface area contributed by atoms with Gasteiger partial charge in [-0.1, -0.05) is 34.1 Å². The molecule has 1 saturated heterocycles. The molecule has 0 saturated carbocycles. The lowest BCUT2D eigenvalue weighted by molar-refractivity contribution is 0.0697. The van der Waals surface area contributed by atoms with Crippen LogP contribution < -0.4 is 0 Å². The largest absolute Gasteiger partial charge is 0.336 e. The smallest absolute Gasteiger partial charge is 0.257 e. The topological polar surface area (TPSA) is 75.5 Å². The number of sulfonamides is 1. The molecular formula is C21H21BrN4O3S. The Bertz CT molecular complexity index is 1150. The summed E-state index contributed by atoms with van der Waals surface area (Å²) in [5, 5.41) is 4.36. The van der Waals surface area contributed by atoms with E-state index in [0.29, 0.717) is 18.7 Å². The van der Waals surface area contributed by atoms with Gasteiger partial charge >= 0.3 is 0 Å². The number of nitrogens with zero attached hydrogens (tertiary/aromatic N) is 4. The number of hydrogen-bond acceptors (Lipinski definition) is 4. The van der Waals surface area contributed by atoms with Crippen LogP contribution in [0, 0.1) is 6.92 Å². The Morgan fingerprint density at radius 3 is 2.23 bits per heavy atom. The zero-order valence-electron chi connectivity index (χ0n) is 16.4. The van der Waals surface area contributed by atoms with Crippen molar-refractivity contribution in [3.05, 3.63) is 76.5 Å². The Morgan fingerprint density at radius 1 is 0.967 bits per heavy atom. The Balaban J connectivity index is 1.46. The third-order valence-corrected chi connectivity index (χ3v) is 7.66. The van der Waals surface area contributed by atoms with Crippen molar-refractivity contribution in [3.63, 3.8) is 0 Å². The van der Waals surface area contributed by atoms with Crippen LogP contribution >= 0.6 is 15.9 Å². The summed E-state index contributed by atoms with van der Waals surface area (Å²) in [6, 6.07) is 16.2. The highest BCUT2D eigenvalue weighted by molar-refractivity contribution is 9.10. The summed E-state index contributed by atoms with van der Waals surface area (Å²) in [5.74, 6) is -0.129. The normalized spacial score (nSPS) is 15.3. The van der Waals surface area contributed by atoms with Gasteiger partial charge in [-0.25, -0.2) is 13.1 Å². The van der Waals surface area contributed by atoms with Gasteiger partial charge in [0.2, 0.25) is 10.0 Å². The molecule has 1 amide bonds. The van der Waals surface area contributed by atoms with Crippen LogP contribution in [0.4, 0.5) is 0 Å². The maximum atomic E-state index is 13.0. The van der Waals surface area contributed by atoms with Crippen LogP contribution in [0.1, 0.15) is 16.1 Å². The van der Waals surface area contributed by atoms with Crippen molar-refractivity contribution in [2.24, 2.45) is 0 Å². The molecule has 0 atom stereocenters. The molecule has 9 heteroatoms. The average molecular weight is 489 g/mol. The predicted molar refractivity (Wildman–Crippen MR) is 117 cm³/mol. The minimum Gasteiger partial charge on any atom is -0.336 e. The maximum absolute atomic E-state index is 13.0. The number of piperazine rings is 1. The molecule has 0 spiro atoms. The third-order valence-electron chi connectivity index (χ3n) is 5.22. The van der Waals surface area contributed by atoms with Crippen molar-refractivity contribution in [2.75, 3.05) is 26.2 Å². The minimum atomic E-state index is -3.57. The van der Waals surface area contributed by atoms with Crippen molar-refractivity contribution in [1.29, 1.82) is 0 Å². The summed E-state index contributed by atoms with van der Waals surface area (Å²) in [5.41, 5.74) is 2.18. The first-order valence-electron chi connectivity index (χ1n) is 9.53. The highest BCUT2D eigenvalue weighted by Gasteiger charge is 2.31. The van der Waals surface area contributed by atoms with Crippen LogP contribution in [0.5, 0.6) is 0 Å². The van der Waals surface area contributed by atoms with Gasteiger partial charge in [0.05, 0.1) is 28.0 Å². The third kappa shape index (κ3) is 3.92. The summed E-state index contributed by atoms with van der Waals surface area (Å²) >= 11 is 3.32. The van der Waals surface area contributed by atoms with Crippen molar-refractivity contribution in [2.45, 2.75) is 11.8 Å². The van der Waals surface area contributed by atoms with E-state index in [4.69, 9.17) is 0 Å². The van der Waals surface area contributed by atoms with Gasteiger partial charge in [-0.15, -0.1) is 0 Å². The number of amides is 1. The summed E-state index contributed by atoms with van der Waals surface area (Å²) in [6.45, 7) is 3.06. The van der Waals surface area contributed by atoms with E-state index in [1.807, 2.05) is 37.3 Å². The Labute approximate surface area is 184 Å². The van der Waals surface area contributed by atoms with E-state index in [-0.39, 0.29) is 23.9 Å². The molecule has 1 aliphatic heterocycles. The fourth-order valence-electron chi connectivity index (χ4n) is 3.51. The van der Waals surface area contributed by atoms with E-state index in [1.165, 1.54) is 4.31 Å². The van der Waals surface area contributed by atoms with Gasteiger partial charge in [0.15, 0.2) is 0 Å². The second-order valence-corrected chi connectivity index (χ2v) is 9.89. The van der Waals surface area contributed by atoms with Crippen LogP contribution in [0.15, 0.2) is 70.2 Å². The molecule has 2 heterocycles. The summed E-state index contributed by atoms with van der Waals surface area (Å²) < 4.78 is 29.7. The van der Waals surface area contributed by atoms with E-state index < -0.39 is 10.0 Å². The summed E-state index contributed by atoms with van der Waals surface area (Å²) in [6.07, 6.45) is 1.58. The lowest BCUT2D eigenvalue weighted by atomic mass is 10.2. The SMILES string of the molecule is Cc1c(C(=O)N2CCN(S(=O)(=O)c3ccc(Br)cc3)CC2)cnn1-c1ccccc1. The van der Waals surface area contributed by atoms with Crippen LogP contribution in [0.25, 0.3) is 5.69 Å². The van der Waals surface area contributed by atoms with E-state index in [0.717, 1.165) is 15.9 Å². The second-order valence-electron chi connectivity index (χ2n) is 7.04. The zero-order valence-corrected chi connectivity index (χ0v) is 18.8. The van der Waals surface area contributed by atoms with Crippen molar-refractivity contribution in [1.82, 2.24) is 19.0 Å². The molecule has 156 valence electrons. The van der Waals surface area contributed by atoms with Crippen LogP contribution in [0.2, 0.25) is 0 Å². The van der Waals surface area contributed by atoms with E-state index in [9.17, 15) is 13.2 Å². The number of para-hydroxylation sites is 1. The molecule has 0 bridgehead atoms. The molecular weight excluding hydrogens is 468 g/mol. The molecule has 0 N–H and O–H groups in total. The molecule has 1 aromatic heterocycles. The average Bonchev–Trinajstić information content (AvgIpc) is 3.15. The highest BCUT2D eigenvalue weighted by Crippen LogP contribution is 2.21. The van der Waals surface area contributed by atoms with Gasteiger partial charge in [0, 0.05) is 30.7 Å². The lowest BCUT2D eigenvalue weighted by Gasteiger charge is -2.34. The molecule has 2 aromatic carbocycles. The minimum absolute atomic E-state index is 0.129. The molecule has 0 aliphatic carbocycles. The van der Waals surface area contributed by atoms with Gasteiger partial charge in [0.1, 0.15) is 0 Å². The standard InChI is InChI=1S/C21H21BrN4O3S/c1-16-20(15-23-26(16)18-5-3-2-4-6-18)21(27)24-11-13-25(14-12-24)30(28,29)19-9-7-17(22)8-10-19/h2-10,15H,11-14H2,1H3. The number of benzene rings is 2. The summed E-state index contributed by atoms with van der Waals surface area (Å²) in [7, 11) is -3.57. The monoisotopic (exact) mass is 488 g/mol. The Morgan fingerprint density at radius 2 is 1.60 bits per heavy atom. The van der Waals surface area contributed by atoms with Gasteiger partial charge in [-0.2, -0.15) is 9.40 Å². The number of rotatable bonds is 4. The van der Waals surface area contributed by atoms with E-state index >= 15 is 0 Å². The number of halogens is 1. The number of aromatic nitrogens is 2. The van der Waals surface area contributed by atoms with Crippen molar-refractivity contribution in [3.8, 4) is 5.69 Å². The molecule has 3 aromatic rings. The molecule has 7 nitrogen and oxygen atoms in total. The highest BCUT2D eigenvalue weighted by atomic mass is 79.9. The first-order valence-corrected chi connectivity index (χ1v) is 11.8. The maximum Gasteiger partial charge on any atom is 0.257 e. The molecule has 0 unspecified atom stereocenters. The number of carbonyl (C=O) groups is 1. The van der Waals surface area contributed by atoms with Crippen LogP contribution in [-0.2, 0) is 10.0 Å². The second kappa shape index (κ2) is 8.33. The van der Waals surface area contributed by atoms with Crippen molar-refractivity contribution >= 4 is 31.9 Å². The molecule has 1 aliphatic rings. The quantitative estimate of drug-likeness (QED) is 0.565. The molecule has 1 fully saturated rings. The fourth-order valence-corrected chi connectivity index (χ4v) is 5.19. The number of hydrogen-bond donors (Lipinski definition) is 0. The molecule has 30 heavy (non-hydrogen) atoms. The predicted octanol–water partition coefficient (Wildman–Crippen LogP) is 3.09. The Kier molecular flexibility index (Phi) is 5.77. The lowest BCUT2D eigenvalue weighted by Crippen LogP contribution is -2.50. The van der Waals surface area contributed by atoms with Gasteiger partial charge in [0.25, 0.3) is 5.91 Å². The first-order chi connectivity index (χ1) is 14.4. The summed E-state index contributed by atoms with van der Waals surface area (Å²) in [4.78, 5) is 15.0. The zero-order chi connectivity index (χ0) is 21.3. The Hall–Kier alpha value is -2.49. The van der Waals surface area contributed by atoms with Gasteiger partial charge in [-0.05, 0) is 43.3 Å². The van der Waals surface area contributed by atoms with Crippen molar-refractivity contribution < 1.29 is 13.2 Å².